The zero-order valence-corrected chi connectivity index (χ0v) is 14.7. The fourth-order valence-corrected chi connectivity index (χ4v) is 4.79. The Bertz CT molecular complexity index is 597. The normalized spacial score (nSPS) is 13.9. The van der Waals surface area contributed by atoms with Crippen molar-refractivity contribution >= 4 is 15.7 Å². The molecule has 0 saturated heterocycles. The fraction of sp³-hybridized carbons (Fsp3) is 0.600. The third kappa shape index (κ3) is 3.75. The van der Waals surface area contributed by atoms with Crippen molar-refractivity contribution in [1.29, 1.82) is 0 Å². The summed E-state index contributed by atoms with van der Waals surface area (Å²) in [7, 11) is 0.324. The molecule has 0 bridgehead atoms. The molecule has 1 aromatic carbocycles. The van der Waals surface area contributed by atoms with Crippen LogP contribution in [0.2, 0.25) is 0 Å². The maximum absolute atomic E-state index is 13.0. The summed E-state index contributed by atoms with van der Waals surface area (Å²) in [6, 6.07) is 3.42. The summed E-state index contributed by atoms with van der Waals surface area (Å²) in [5.74, 6) is 0. The van der Waals surface area contributed by atoms with Gasteiger partial charge in [-0.3, -0.25) is 0 Å². The molecule has 0 aromatic heterocycles. The Labute approximate surface area is 128 Å². The molecule has 0 spiro atoms. The van der Waals surface area contributed by atoms with E-state index in [0.29, 0.717) is 29.2 Å². The average Bonchev–Trinajstić information content (AvgIpc) is 2.33. The minimum Gasteiger partial charge on any atom is -0.398 e. The van der Waals surface area contributed by atoms with Gasteiger partial charge in [-0.1, -0.05) is 13.0 Å². The highest BCUT2D eigenvalue weighted by Crippen LogP contribution is 2.28. The fourth-order valence-electron chi connectivity index (χ4n) is 2.69. The van der Waals surface area contributed by atoms with E-state index in [1.807, 2.05) is 39.8 Å². The lowest BCUT2D eigenvalue weighted by Gasteiger charge is -2.30. The molecule has 0 heterocycles. The maximum atomic E-state index is 13.0. The van der Waals surface area contributed by atoms with Crippen molar-refractivity contribution in [2.75, 3.05) is 32.9 Å². The van der Waals surface area contributed by atoms with E-state index in [4.69, 9.17) is 5.73 Å². The Kier molecular flexibility index (Phi) is 5.78. The Morgan fingerprint density at radius 3 is 2.29 bits per heavy atom. The van der Waals surface area contributed by atoms with Crippen LogP contribution < -0.4 is 5.73 Å². The molecule has 1 atom stereocenters. The van der Waals surface area contributed by atoms with Crippen LogP contribution in [-0.4, -0.2) is 50.8 Å². The topological polar surface area (TPSA) is 66.6 Å². The number of likely N-dealkylation sites (N-methyl/N-ethyl adjacent to an activating group) is 2. The summed E-state index contributed by atoms with van der Waals surface area (Å²) >= 11 is 0. The van der Waals surface area contributed by atoms with Crippen LogP contribution in [0.25, 0.3) is 0 Å². The number of anilines is 1. The molecule has 120 valence electrons. The molecule has 2 N–H and O–H groups in total. The van der Waals surface area contributed by atoms with Crippen LogP contribution in [0.5, 0.6) is 0 Å². The highest BCUT2D eigenvalue weighted by atomic mass is 32.2. The first-order valence-corrected chi connectivity index (χ1v) is 8.59. The monoisotopic (exact) mass is 313 g/mol. The predicted molar refractivity (Wildman–Crippen MR) is 87.9 cm³/mol. The Balaban J connectivity index is 3.35. The minimum absolute atomic E-state index is 0.102. The van der Waals surface area contributed by atoms with Crippen LogP contribution in [0.3, 0.4) is 0 Å². The van der Waals surface area contributed by atoms with Gasteiger partial charge in [-0.25, -0.2) is 8.42 Å². The molecule has 0 radical (unpaired) electrons. The summed E-state index contributed by atoms with van der Waals surface area (Å²) in [5.41, 5.74) is 7.77. The van der Waals surface area contributed by atoms with Gasteiger partial charge in [-0.15, -0.1) is 0 Å². The van der Waals surface area contributed by atoms with E-state index in [0.717, 1.165) is 5.56 Å². The quantitative estimate of drug-likeness (QED) is 0.814. The van der Waals surface area contributed by atoms with Crippen molar-refractivity contribution in [2.24, 2.45) is 0 Å². The lowest BCUT2D eigenvalue weighted by molar-refractivity contribution is 0.271. The van der Waals surface area contributed by atoms with Crippen molar-refractivity contribution in [3.63, 3.8) is 0 Å². The number of hydrogen-bond acceptors (Lipinski definition) is 4. The van der Waals surface area contributed by atoms with E-state index < -0.39 is 10.0 Å². The lowest BCUT2D eigenvalue weighted by Crippen LogP contribution is -2.44. The number of nitrogen functional groups attached to an aromatic ring is 1. The van der Waals surface area contributed by atoms with Crippen LogP contribution in [0.1, 0.15) is 25.0 Å². The number of hydrogen-bond donors (Lipinski definition) is 1. The Morgan fingerprint density at radius 1 is 1.24 bits per heavy atom. The van der Waals surface area contributed by atoms with Crippen molar-refractivity contribution in [3.05, 3.63) is 23.3 Å². The first-order chi connectivity index (χ1) is 9.62. The van der Waals surface area contributed by atoms with Crippen molar-refractivity contribution < 1.29 is 8.42 Å². The summed E-state index contributed by atoms with van der Waals surface area (Å²) in [4.78, 5) is 2.33. The molecular weight excluding hydrogens is 286 g/mol. The second-order valence-corrected chi connectivity index (χ2v) is 7.57. The summed E-state index contributed by atoms with van der Waals surface area (Å²) in [6.07, 6.45) is 0. The van der Waals surface area contributed by atoms with E-state index in [2.05, 4.69) is 0 Å². The molecule has 21 heavy (non-hydrogen) atoms. The van der Waals surface area contributed by atoms with Crippen LogP contribution in [0.4, 0.5) is 5.69 Å². The van der Waals surface area contributed by atoms with Gasteiger partial charge in [0.15, 0.2) is 0 Å². The van der Waals surface area contributed by atoms with Crippen molar-refractivity contribution in [1.82, 2.24) is 9.21 Å². The molecule has 1 unspecified atom stereocenters. The Hall–Kier alpha value is -1.11. The van der Waals surface area contributed by atoms with Crippen LogP contribution in [0.15, 0.2) is 17.0 Å². The smallest absolute Gasteiger partial charge is 0.243 e. The molecule has 0 amide bonds. The molecular formula is C15H27N3O2S. The number of nitrogens with two attached hydrogens (primary N) is 1. The zero-order valence-electron chi connectivity index (χ0n) is 13.8. The van der Waals surface area contributed by atoms with Crippen LogP contribution in [0, 0.1) is 13.8 Å². The highest BCUT2D eigenvalue weighted by molar-refractivity contribution is 7.89. The van der Waals surface area contributed by atoms with E-state index >= 15 is 0 Å². The second kappa shape index (κ2) is 6.77. The van der Waals surface area contributed by atoms with Crippen LogP contribution >= 0.6 is 0 Å². The van der Waals surface area contributed by atoms with Gasteiger partial charge in [0.1, 0.15) is 0 Å². The van der Waals surface area contributed by atoms with E-state index in [1.54, 1.807) is 23.4 Å². The van der Waals surface area contributed by atoms with Gasteiger partial charge in [0.2, 0.25) is 10.0 Å². The number of nitrogens with zero attached hydrogens (tertiary/aromatic N) is 2. The summed E-state index contributed by atoms with van der Waals surface area (Å²) < 4.78 is 27.6. The predicted octanol–water partition coefficient (Wildman–Crippen LogP) is 1.85. The standard InChI is InChI=1S/C15H27N3O2S/c1-7-18(12(3)10-17(5)6)21(19,20)15-11(2)8-9-14(16)13(15)4/h8-9,12H,7,10,16H2,1-6H3. The van der Waals surface area contributed by atoms with Crippen LogP contribution in [-0.2, 0) is 10.0 Å². The molecule has 1 rings (SSSR count). The van der Waals surface area contributed by atoms with E-state index in [9.17, 15) is 8.42 Å². The van der Waals surface area contributed by atoms with Gasteiger partial charge in [0.05, 0.1) is 4.90 Å². The van der Waals surface area contributed by atoms with Gasteiger partial charge in [0, 0.05) is 24.8 Å². The maximum Gasteiger partial charge on any atom is 0.243 e. The van der Waals surface area contributed by atoms with Gasteiger partial charge < -0.3 is 10.6 Å². The molecule has 0 aliphatic heterocycles. The number of aryl methyl sites for hydroxylation is 1. The van der Waals surface area contributed by atoms with E-state index in [-0.39, 0.29) is 6.04 Å². The highest BCUT2D eigenvalue weighted by Gasteiger charge is 2.31. The molecule has 0 aliphatic carbocycles. The zero-order chi connectivity index (χ0) is 16.4. The molecule has 5 nitrogen and oxygen atoms in total. The molecule has 6 heteroatoms. The summed E-state index contributed by atoms with van der Waals surface area (Å²) in [6.45, 7) is 8.47. The Morgan fingerprint density at radius 2 is 1.81 bits per heavy atom. The van der Waals surface area contributed by atoms with Crippen molar-refractivity contribution in [2.45, 2.75) is 38.6 Å². The molecule has 1 aromatic rings. The third-order valence-corrected chi connectivity index (χ3v) is 6.02. The largest absolute Gasteiger partial charge is 0.398 e. The van der Waals surface area contributed by atoms with Gasteiger partial charge in [0.25, 0.3) is 0 Å². The molecule has 0 aliphatic rings. The van der Waals surface area contributed by atoms with Gasteiger partial charge in [-0.2, -0.15) is 4.31 Å². The van der Waals surface area contributed by atoms with Crippen molar-refractivity contribution in [3.8, 4) is 0 Å². The SMILES string of the molecule is CCN(C(C)CN(C)C)S(=O)(=O)c1c(C)ccc(N)c1C. The number of sulfonamides is 1. The average molecular weight is 313 g/mol. The second-order valence-electron chi connectivity index (χ2n) is 5.75. The summed E-state index contributed by atoms with van der Waals surface area (Å²) in [5, 5.41) is 0. The minimum atomic E-state index is -3.55. The first-order valence-electron chi connectivity index (χ1n) is 7.15. The number of benzene rings is 1. The van der Waals surface area contributed by atoms with E-state index in [1.165, 1.54) is 0 Å². The number of rotatable bonds is 6. The third-order valence-electron chi connectivity index (χ3n) is 3.64. The van der Waals surface area contributed by atoms with Gasteiger partial charge >= 0.3 is 0 Å². The lowest BCUT2D eigenvalue weighted by atomic mass is 10.1. The first kappa shape index (κ1) is 17.9. The van der Waals surface area contributed by atoms with Gasteiger partial charge in [-0.05, 0) is 52.1 Å². The molecule has 0 fully saturated rings. The molecule has 0 saturated carbocycles.